The number of piperazine rings is 1. The molecule has 1 N–H and O–H groups in total. The zero-order valence-corrected chi connectivity index (χ0v) is 18.6. The van der Waals surface area contributed by atoms with E-state index in [9.17, 15) is 0 Å². The van der Waals surface area contributed by atoms with Crippen molar-refractivity contribution in [1.29, 1.82) is 0 Å². The van der Waals surface area contributed by atoms with Crippen molar-refractivity contribution in [3.05, 3.63) is 72.3 Å². The molecule has 1 aliphatic heterocycles. The average molecular weight is 411 g/mol. The molecule has 0 saturated carbocycles. The molecule has 1 aliphatic rings. The molecule has 158 valence electrons. The fourth-order valence-corrected chi connectivity index (χ4v) is 4.37. The maximum Gasteiger partial charge on any atom is 0.0730 e. The number of hydrogen-bond acceptors (Lipinski definition) is 4. The topological polar surface area (TPSA) is 31.4 Å². The molecule has 3 aromatic carbocycles. The van der Waals surface area contributed by atoms with E-state index < -0.39 is 0 Å². The van der Waals surface area contributed by atoms with Crippen LogP contribution < -0.4 is 10.2 Å². The fourth-order valence-electron chi connectivity index (χ4n) is 4.37. The Labute approximate surface area is 184 Å². The van der Waals surface area contributed by atoms with Crippen LogP contribution in [0.1, 0.15) is 25.3 Å². The normalized spacial score (nSPS) is 15.2. The first-order chi connectivity index (χ1) is 15.1. The first kappa shape index (κ1) is 19.8. The van der Waals surface area contributed by atoms with Gasteiger partial charge in [-0.3, -0.25) is 0 Å². The van der Waals surface area contributed by atoms with Crippen LogP contribution in [0.4, 0.5) is 17.1 Å². The summed E-state index contributed by atoms with van der Waals surface area (Å²) in [5.41, 5.74) is 6.91. The first-order valence-corrected chi connectivity index (χ1v) is 11.2. The van der Waals surface area contributed by atoms with E-state index in [4.69, 9.17) is 4.98 Å². The Morgan fingerprint density at radius 1 is 0.806 bits per heavy atom. The molecule has 0 spiro atoms. The monoisotopic (exact) mass is 410 g/mol. The number of nitrogens with zero attached hydrogens (tertiary/aromatic N) is 3. The van der Waals surface area contributed by atoms with Gasteiger partial charge in [0.25, 0.3) is 0 Å². The minimum absolute atomic E-state index is 0.478. The molecule has 4 heteroatoms. The van der Waals surface area contributed by atoms with Crippen LogP contribution >= 0.6 is 0 Å². The van der Waals surface area contributed by atoms with Gasteiger partial charge in [-0.2, -0.15) is 0 Å². The number of rotatable bonds is 4. The van der Waals surface area contributed by atoms with Crippen LogP contribution in [0.5, 0.6) is 0 Å². The van der Waals surface area contributed by atoms with E-state index in [0.29, 0.717) is 5.92 Å². The zero-order valence-electron chi connectivity index (χ0n) is 18.6. The number of aromatic nitrogens is 1. The standard InChI is InChI=1S/C27H30N4/c1-19(2)20-8-13-26-24(18-20)27(23-6-4-5-7-25(23)29-26)28-21-9-11-22(12-10-21)31-16-14-30(3)15-17-31/h4-13,18-19H,14-17H2,1-3H3,(H,28,29). The second-order valence-electron chi connectivity index (χ2n) is 8.90. The summed E-state index contributed by atoms with van der Waals surface area (Å²) in [4.78, 5) is 9.77. The van der Waals surface area contributed by atoms with Gasteiger partial charge in [0, 0.05) is 48.3 Å². The number of fused-ring (bicyclic) bond motifs is 2. The molecule has 0 aliphatic carbocycles. The van der Waals surface area contributed by atoms with Crippen LogP contribution in [0.3, 0.4) is 0 Å². The Bertz CT molecular complexity index is 1210. The highest BCUT2D eigenvalue weighted by molar-refractivity contribution is 6.08. The Morgan fingerprint density at radius 2 is 1.52 bits per heavy atom. The summed E-state index contributed by atoms with van der Waals surface area (Å²) >= 11 is 0. The van der Waals surface area contributed by atoms with Crippen molar-refractivity contribution in [2.24, 2.45) is 0 Å². The van der Waals surface area contributed by atoms with Crippen molar-refractivity contribution < 1.29 is 0 Å². The predicted molar refractivity (Wildman–Crippen MR) is 133 cm³/mol. The van der Waals surface area contributed by atoms with Gasteiger partial charge in [-0.25, -0.2) is 4.98 Å². The molecular weight excluding hydrogens is 380 g/mol. The fraction of sp³-hybridized carbons (Fsp3) is 0.296. The molecule has 1 aromatic heterocycles. The summed E-state index contributed by atoms with van der Waals surface area (Å²) in [6, 6.07) is 23.9. The van der Waals surface area contributed by atoms with Gasteiger partial charge >= 0.3 is 0 Å². The van der Waals surface area contributed by atoms with Gasteiger partial charge in [0.05, 0.1) is 16.7 Å². The maximum absolute atomic E-state index is 4.91. The summed E-state index contributed by atoms with van der Waals surface area (Å²) < 4.78 is 0. The first-order valence-electron chi connectivity index (χ1n) is 11.2. The van der Waals surface area contributed by atoms with Crippen molar-refractivity contribution >= 4 is 38.9 Å². The summed E-state index contributed by atoms with van der Waals surface area (Å²) in [6.45, 7) is 8.88. The van der Waals surface area contributed by atoms with Crippen molar-refractivity contribution in [1.82, 2.24) is 9.88 Å². The smallest absolute Gasteiger partial charge is 0.0730 e. The number of nitrogens with one attached hydrogen (secondary N) is 1. The lowest BCUT2D eigenvalue weighted by Crippen LogP contribution is -2.44. The molecule has 4 aromatic rings. The summed E-state index contributed by atoms with van der Waals surface area (Å²) in [5, 5.41) is 6.05. The van der Waals surface area contributed by atoms with Crippen molar-refractivity contribution in [3.63, 3.8) is 0 Å². The van der Waals surface area contributed by atoms with E-state index >= 15 is 0 Å². The highest BCUT2D eigenvalue weighted by Gasteiger charge is 2.15. The molecule has 1 fully saturated rings. The minimum atomic E-state index is 0.478. The highest BCUT2D eigenvalue weighted by atomic mass is 15.2. The number of pyridine rings is 1. The summed E-state index contributed by atoms with van der Waals surface area (Å²) in [5.74, 6) is 0.478. The van der Waals surface area contributed by atoms with E-state index in [-0.39, 0.29) is 0 Å². The number of likely N-dealkylation sites (N-methyl/N-ethyl adjacent to an activating group) is 1. The van der Waals surface area contributed by atoms with E-state index in [2.05, 4.69) is 103 Å². The van der Waals surface area contributed by atoms with E-state index in [1.54, 1.807) is 0 Å². The highest BCUT2D eigenvalue weighted by Crippen LogP contribution is 2.35. The predicted octanol–water partition coefficient (Wildman–Crippen LogP) is 6.01. The van der Waals surface area contributed by atoms with Crippen molar-refractivity contribution in [2.75, 3.05) is 43.4 Å². The SMILES string of the molecule is CC(C)c1ccc2nc3ccccc3c(Nc3ccc(N4CCN(C)CC4)cc3)c2c1. The maximum atomic E-state index is 4.91. The Kier molecular flexibility index (Phi) is 5.24. The number of benzene rings is 3. The van der Waals surface area contributed by atoms with Crippen molar-refractivity contribution in [2.45, 2.75) is 19.8 Å². The van der Waals surface area contributed by atoms with Crippen LogP contribution in [-0.4, -0.2) is 43.1 Å². The number of hydrogen-bond donors (Lipinski definition) is 1. The Balaban J connectivity index is 1.53. The third-order valence-electron chi connectivity index (χ3n) is 6.38. The van der Waals surface area contributed by atoms with Gasteiger partial charge in [-0.15, -0.1) is 0 Å². The van der Waals surface area contributed by atoms with Gasteiger partial charge < -0.3 is 15.1 Å². The van der Waals surface area contributed by atoms with Crippen LogP contribution in [0, 0.1) is 0 Å². The molecule has 0 radical (unpaired) electrons. The van der Waals surface area contributed by atoms with Crippen LogP contribution in [0.25, 0.3) is 21.8 Å². The quantitative estimate of drug-likeness (QED) is 0.418. The molecule has 31 heavy (non-hydrogen) atoms. The molecule has 0 atom stereocenters. The summed E-state index contributed by atoms with van der Waals surface area (Å²) in [6.07, 6.45) is 0. The lowest BCUT2D eigenvalue weighted by atomic mass is 9.99. The Hall–Kier alpha value is -3.11. The molecule has 4 nitrogen and oxygen atoms in total. The lowest BCUT2D eigenvalue weighted by molar-refractivity contribution is 0.313. The van der Waals surface area contributed by atoms with Gasteiger partial charge in [-0.05, 0) is 61.0 Å². The molecular formula is C27H30N4. The summed E-state index contributed by atoms with van der Waals surface area (Å²) in [7, 11) is 2.19. The second-order valence-corrected chi connectivity index (χ2v) is 8.90. The zero-order chi connectivity index (χ0) is 21.4. The molecule has 0 amide bonds. The van der Waals surface area contributed by atoms with E-state index in [1.807, 2.05) is 0 Å². The third-order valence-corrected chi connectivity index (χ3v) is 6.38. The van der Waals surface area contributed by atoms with E-state index in [0.717, 1.165) is 54.0 Å². The third kappa shape index (κ3) is 3.96. The van der Waals surface area contributed by atoms with Gasteiger partial charge in [0.2, 0.25) is 0 Å². The lowest BCUT2D eigenvalue weighted by Gasteiger charge is -2.34. The molecule has 1 saturated heterocycles. The largest absolute Gasteiger partial charge is 0.369 e. The van der Waals surface area contributed by atoms with E-state index in [1.165, 1.54) is 16.6 Å². The minimum Gasteiger partial charge on any atom is -0.369 e. The van der Waals surface area contributed by atoms with Crippen LogP contribution in [0.2, 0.25) is 0 Å². The van der Waals surface area contributed by atoms with Gasteiger partial charge in [-0.1, -0.05) is 38.1 Å². The van der Waals surface area contributed by atoms with Crippen LogP contribution in [-0.2, 0) is 0 Å². The number of anilines is 3. The molecule has 5 rings (SSSR count). The van der Waals surface area contributed by atoms with Gasteiger partial charge in [0.1, 0.15) is 0 Å². The molecule has 0 bridgehead atoms. The average Bonchev–Trinajstić information content (AvgIpc) is 2.79. The molecule has 0 unspecified atom stereocenters. The Morgan fingerprint density at radius 3 is 2.26 bits per heavy atom. The van der Waals surface area contributed by atoms with Crippen LogP contribution in [0.15, 0.2) is 66.7 Å². The van der Waals surface area contributed by atoms with Gasteiger partial charge in [0.15, 0.2) is 0 Å². The molecule has 2 heterocycles. The number of para-hydroxylation sites is 1. The second kappa shape index (κ2) is 8.20. The van der Waals surface area contributed by atoms with Crippen molar-refractivity contribution in [3.8, 4) is 0 Å².